The van der Waals surface area contributed by atoms with Crippen LogP contribution in [0.3, 0.4) is 0 Å². The first-order valence-electron chi connectivity index (χ1n) is 8.68. The van der Waals surface area contributed by atoms with Crippen LogP contribution in [0.2, 0.25) is 0 Å². The first-order chi connectivity index (χ1) is 14.1. The van der Waals surface area contributed by atoms with Gasteiger partial charge in [-0.15, -0.1) is 10.2 Å². The molecule has 0 aliphatic heterocycles. The fraction of sp³-hybridized carbons (Fsp3) is 0.250. The van der Waals surface area contributed by atoms with Crippen LogP contribution in [0.1, 0.15) is 16.2 Å². The number of aromatic nitrogens is 2. The smallest absolute Gasteiger partial charge is 0.340 e. The number of esters is 1. The van der Waals surface area contributed by atoms with E-state index < -0.39 is 5.97 Å². The maximum atomic E-state index is 12.3. The van der Waals surface area contributed by atoms with Gasteiger partial charge in [0, 0.05) is 18.3 Å². The third-order valence-corrected chi connectivity index (χ3v) is 4.12. The van der Waals surface area contributed by atoms with E-state index in [1.54, 1.807) is 37.4 Å². The van der Waals surface area contributed by atoms with Crippen LogP contribution >= 0.6 is 0 Å². The maximum Gasteiger partial charge on any atom is 0.340 e. The summed E-state index contributed by atoms with van der Waals surface area (Å²) < 4.78 is 26.9. The molecule has 2 aromatic carbocycles. The average molecular weight is 399 g/mol. The SMILES string of the molecule is CNc1ccccc1C(=O)OCc1nnc(-c2cc(OC)c(OC)c(OC)c2)o1. The largest absolute Gasteiger partial charge is 0.493 e. The van der Waals surface area contributed by atoms with Gasteiger partial charge in [-0.3, -0.25) is 0 Å². The van der Waals surface area contributed by atoms with Gasteiger partial charge in [0.05, 0.1) is 26.9 Å². The molecule has 0 amide bonds. The predicted molar refractivity (Wildman–Crippen MR) is 104 cm³/mol. The molecule has 0 saturated carbocycles. The summed E-state index contributed by atoms with van der Waals surface area (Å²) in [6.07, 6.45) is 0. The van der Waals surface area contributed by atoms with E-state index in [2.05, 4.69) is 15.5 Å². The Morgan fingerprint density at radius 2 is 1.72 bits per heavy atom. The van der Waals surface area contributed by atoms with Gasteiger partial charge in [-0.05, 0) is 24.3 Å². The molecule has 9 nitrogen and oxygen atoms in total. The molecule has 1 aromatic heterocycles. The summed E-state index contributed by atoms with van der Waals surface area (Å²) in [5.41, 5.74) is 1.66. The fourth-order valence-corrected chi connectivity index (χ4v) is 2.72. The maximum absolute atomic E-state index is 12.3. The molecule has 3 aromatic rings. The van der Waals surface area contributed by atoms with Gasteiger partial charge in [0.1, 0.15) is 0 Å². The number of carbonyl (C=O) groups excluding carboxylic acids is 1. The van der Waals surface area contributed by atoms with Crippen molar-refractivity contribution in [2.45, 2.75) is 6.61 Å². The van der Waals surface area contributed by atoms with E-state index in [1.807, 2.05) is 6.07 Å². The van der Waals surface area contributed by atoms with Crippen molar-refractivity contribution < 1.29 is 28.2 Å². The highest BCUT2D eigenvalue weighted by Gasteiger charge is 2.18. The molecule has 0 atom stereocenters. The summed E-state index contributed by atoms with van der Waals surface area (Å²) in [7, 11) is 6.28. The van der Waals surface area contributed by atoms with E-state index in [0.29, 0.717) is 34.1 Å². The number of para-hydroxylation sites is 1. The lowest BCUT2D eigenvalue weighted by Crippen LogP contribution is -2.08. The summed E-state index contributed by atoms with van der Waals surface area (Å²) in [6.45, 7) is -0.158. The highest BCUT2D eigenvalue weighted by molar-refractivity contribution is 5.95. The molecule has 1 heterocycles. The van der Waals surface area contributed by atoms with Gasteiger partial charge in [-0.2, -0.15) is 0 Å². The van der Waals surface area contributed by atoms with Crippen molar-refractivity contribution in [3.05, 3.63) is 47.9 Å². The second-order valence-corrected chi connectivity index (χ2v) is 5.79. The van der Waals surface area contributed by atoms with E-state index in [1.165, 1.54) is 21.3 Å². The number of carbonyl (C=O) groups is 1. The molecule has 0 aliphatic rings. The molecule has 3 rings (SSSR count). The minimum atomic E-state index is -0.498. The fourth-order valence-electron chi connectivity index (χ4n) is 2.72. The highest BCUT2D eigenvalue weighted by Crippen LogP contribution is 2.40. The third kappa shape index (κ3) is 4.23. The Labute approximate surface area is 167 Å². The molecule has 0 saturated heterocycles. The minimum absolute atomic E-state index is 0.157. The third-order valence-electron chi connectivity index (χ3n) is 4.12. The number of benzene rings is 2. The van der Waals surface area contributed by atoms with Crippen molar-refractivity contribution in [1.82, 2.24) is 10.2 Å². The zero-order valence-corrected chi connectivity index (χ0v) is 16.5. The van der Waals surface area contributed by atoms with Gasteiger partial charge in [-0.25, -0.2) is 4.79 Å². The number of hydrogen-bond acceptors (Lipinski definition) is 9. The molecule has 0 spiro atoms. The van der Waals surface area contributed by atoms with Gasteiger partial charge < -0.3 is 28.7 Å². The molecule has 0 fully saturated rings. The van der Waals surface area contributed by atoms with Crippen LogP contribution in [0, 0.1) is 0 Å². The Balaban J connectivity index is 1.77. The van der Waals surface area contributed by atoms with E-state index in [4.69, 9.17) is 23.4 Å². The molecule has 0 aliphatic carbocycles. The second-order valence-electron chi connectivity index (χ2n) is 5.79. The number of hydrogen-bond donors (Lipinski definition) is 1. The predicted octanol–water partition coefficient (Wildman–Crippen LogP) is 3.16. The lowest BCUT2D eigenvalue weighted by atomic mass is 10.2. The summed E-state index contributed by atoms with van der Waals surface area (Å²) in [5, 5.41) is 10.9. The van der Waals surface area contributed by atoms with E-state index in [0.717, 1.165) is 0 Å². The van der Waals surface area contributed by atoms with Gasteiger partial charge in [0.15, 0.2) is 18.1 Å². The van der Waals surface area contributed by atoms with E-state index in [-0.39, 0.29) is 18.4 Å². The number of methoxy groups -OCH3 is 3. The van der Waals surface area contributed by atoms with Crippen LogP contribution in [0.4, 0.5) is 5.69 Å². The van der Waals surface area contributed by atoms with Gasteiger partial charge >= 0.3 is 5.97 Å². The molecule has 152 valence electrons. The first kappa shape index (κ1) is 20.0. The molecule has 0 unspecified atom stereocenters. The quantitative estimate of drug-likeness (QED) is 0.572. The normalized spacial score (nSPS) is 10.3. The number of ether oxygens (including phenoxy) is 4. The van der Waals surface area contributed by atoms with E-state index >= 15 is 0 Å². The number of anilines is 1. The van der Waals surface area contributed by atoms with Crippen LogP contribution in [0.15, 0.2) is 40.8 Å². The standard InChI is InChI=1S/C20H21N3O6/c1-21-14-8-6-5-7-13(14)20(24)28-11-17-22-23-19(29-17)12-9-15(25-2)18(27-4)16(10-12)26-3/h5-10,21H,11H2,1-4H3. The van der Waals surface area contributed by atoms with Crippen molar-refractivity contribution >= 4 is 11.7 Å². The monoisotopic (exact) mass is 399 g/mol. The molecular formula is C20H21N3O6. The summed E-state index contributed by atoms with van der Waals surface area (Å²) in [4.78, 5) is 12.3. The zero-order valence-electron chi connectivity index (χ0n) is 16.5. The Bertz CT molecular complexity index is 976. The van der Waals surface area contributed by atoms with Crippen LogP contribution in [-0.2, 0) is 11.3 Å². The minimum Gasteiger partial charge on any atom is -0.493 e. The molecule has 9 heteroatoms. The highest BCUT2D eigenvalue weighted by atomic mass is 16.5. The van der Waals surface area contributed by atoms with Crippen LogP contribution in [0.5, 0.6) is 17.2 Å². The van der Waals surface area contributed by atoms with Crippen molar-refractivity contribution in [2.24, 2.45) is 0 Å². The first-order valence-corrected chi connectivity index (χ1v) is 8.68. The van der Waals surface area contributed by atoms with Gasteiger partial charge in [0.25, 0.3) is 5.89 Å². The van der Waals surface area contributed by atoms with Gasteiger partial charge in [0.2, 0.25) is 11.6 Å². The number of rotatable bonds is 8. The average Bonchev–Trinajstić information content (AvgIpc) is 3.25. The number of nitrogens with one attached hydrogen (secondary N) is 1. The molecule has 29 heavy (non-hydrogen) atoms. The van der Waals surface area contributed by atoms with Crippen LogP contribution < -0.4 is 19.5 Å². The summed E-state index contributed by atoms with van der Waals surface area (Å²) in [5.74, 6) is 1.25. The summed E-state index contributed by atoms with van der Waals surface area (Å²) >= 11 is 0. The lowest BCUT2D eigenvalue weighted by molar-refractivity contribution is 0.0440. The van der Waals surface area contributed by atoms with Crippen LogP contribution in [0.25, 0.3) is 11.5 Å². The Hall–Kier alpha value is -3.75. The van der Waals surface area contributed by atoms with Crippen molar-refractivity contribution in [3.63, 3.8) is 0 Å². The molecular weight excluding hydrogens is 378 g/mol. The van der Waals surface area contributed by atoms with Crippen molar-refractivity contribution in [2.75, 3.05) is 33.7 Å². The Morgan fingerprint density at radius 1 is 1.03 bits per heavy atom. The van der Waals surface area contributed by atoms with Crippen LogP contribution in [-0.4, -0.2) is 44.5 Å². The van der Waals surface area contributed by atoms with Crippen molar-refractivity contribution in [3.8, 4) is 28.7 Å². The summed E-state index contributed by atoms with van der Waals surface area (Å²) in [6, 6.07) is 10.4. The van der Waals surface area contributed by atoms with Gasteiger partial charge in [-0.1, -0.05) is 12.1 Å². The molecule has 1 N–H and O–H groups in total. The Kier molecular flexibility index (Phi) is 6.18. The Morgan fingerprint density at radius 3 is 2.34 bits per heavy atom. The lowest BCUT2D eigenvalue weighted by Gasteiger charge is -2.12. The second kappa shape index (κ2) is 8.96. The topological polar surface area (TPSA) is 105 Å². The zero-order chi connectivity index (χ0) is 20.8. The van der Waals surface area contributed by atoms with Crippen molar-refractivity contribution in [1.29, 1.82) is 0 Å². The number of nitrogens with zero attached hydrogens (tertiary/aromatic N) is 2. The molecule has 0 radical (unpaired) electrons. The van der Waals surface area contributed by atoms with E-state index in [9.17, 15) is 4.79 Å². The molecule has 0 bridgehead atoms.